The number of nitrogens with zero attached hydrogens (tertiary/aromatic N) is 1. The lowest BCUT2D eigenvalue weighted by atomic mass is 9.80. The standard InChI is InChI=1S/C30H35N3O3/c1-35-17-6-15-33-16-18-36-29-12-11-25(20-28(29)33)32-30(34)27-21-31-14-13-26(27)24-10-5-9-23(19-24)22-7-3-2-4-8-22/h2-5,7-12,19-20,26-27,31H,6,13-18,21H2,1H3,(H,32,34)/t26-,27+/m1/s1. The maximum Gasteiger partial charge on any atom is 0.229 e. The van der Waals surface area contributed by atoms with Crippen molar-refractivity contribution in [3.05, 3.63) is 78.4 Å². The van der Waals surface area contributed by atoms with Crippen LogP contribution in [0.2, 0.25) is 0 Å². The minimum atomic E-state index is -0.144. The fourth-order valence-electron chi connectivity index (χ4n) is 5.33. The molecular weight excluding hydrogens is 450 g/mol. The Morgan fingerprint density at radius 1 is 1.08 bits per heavy atom. The monoisotopic (exact) mass is 485 g/mol. The molecule has 0 bridgehead atoms. The van der Waals surface area contributed by atoms with Crippen LogP contribution in [0.1, 0.15) is 24.3 Å². The zero-order valence-corrected chi connectivity index (χ0v) is 20.9. The quantitative estimate of drug-likeness (QED) is 0.444. The van der Waals surface area contributed by atoms with Crippen LogP contribution in [-0.2, 0) is 9.53 Å². The average Bonchev–Trinajstić information content (AvgIpc) is 2.94. The van der Waals surface area contributed by atoms with Crippen molar-refractivity contribution in [2.75, 3.05) is 56.7 Å². The van der Waals surface area contributed by atoms with Crippen molar-refractivity contribution in [3.63, 3.8) is 0 Å². The molecule has 1 amide bonds. The second-order valence-electron chi connectivity index (χ2n) is 9.55. The van der Waals surface area contributed by atoms with Crippen molar-refractivity contribution in [2.24, 2.45) is 5.92 Å². The summed E-state index contributed by atoms with van der Waals surface area (Å²) in [7, 11) is 1.73. The molecule has 0 spiro atoms. The predicted octanol–water partition coefficient (Wildman–Crippen LogP) is 4.92. The molecule has 0 aromatic heterocycles. The molecule has 0 radical (unpaired) electrons. The van der Waals surface area contributed by atoms with Crippen LogP contribution in [0.15, 0.2) is 72.8 Å². The van der Waals surface area contributed by atoms with Gasteiger partial charge >= 0.3 is 0 Å². The lowest BCUT2D eigenvalue weighted by Gasteiger charge is -2.33. The van der Waals surface area contributed by atoms with Gasteiger partial charge in [0.25, 0.3) is 0 Å². The highest BCUT2D eigenvalue weighted by molar-refractivity contribution is 5.94. The lowest BCUT2D eigenvalue weighted by Crippen LogP contribution is -2.42. The van der Waals surface area contributed by atoms with E-state index in [0.717, 1.165) is 56.2 Å². The number of methoxy groups -OCH3 is 1. The Labute approximate surface area is 213 Å². The zero-order chi connectivity index (χ0) is 24.7. The summed E-state index contributed by atoms with van der Waals surface area (Å²) in [6, 6.07) is 25.0. The normalized spacial score (nSPS) is 19.3. The molecule has 36 heavy (non-hydrogen) atoms. The maximum absolute atomic E-state index is 13.6. The van der Waals surface area contributed by atoms with Crippen molar-refractivity contribution in [1.82, 2.24) is 5.32 Å². The van der Waals surface area contributed by atoms with E-state index in [0.29, 0.717) is 13.2 Å². The van der Waals surface area contributed by atoms with Gasteiger partial charge in [0.2, 0.25) is 5.91 Å². The molecule has 1 fully saturated rings. The summed E-state index contributed by atoms with van der Waals surface area (Å²) in [5.74, 6) is 0.947. The molecule has 2 aliphatic rings. The Morgan fingerprint density at radius 3 is 2.81 bits per heavy atom. The predicted molar refractivity (Wildman–Crippen MR) is 145 cm³/mol. The van der Waals surface area contributed by atoms with Crippen molar-refractivity contribution in [3.8, 4) is 16.9 Å². The first-order valence-corrected chi connectivity index (χ1v) is 12.9. The molecule has 2 heterocycles. The van der Waals surface area contributed by atoms with Crippen molar-refractivity contribution < 1.29 is 14.3 Å². The molecule has 188 valence electrons. The fraction of sp³-hybridized carbons (Fsp3) is 0.367. The molecule has 0 unspecified atom stereocenters. The lowest BCUT2D eigenvalue weighted by molar-refractivity contribution is -0.120. The Morgan fingerprint density at radius 2 is 1.94 bits per heavy atom. The van der Waals surface area contributed by atoms with Gasteiger partial charge in [-0.05, 0) is 60.2 Å². The Hall–Kier alpha value is -3.35. The first-order chi connectivity index (χ1) is 17.7. The first-order valence-electron chi connectivity index (χ1n) is 12.9. The Kier molecular flexibility index (Phi) is 7.84. The van der Waals surface area contributed by atoms with E-state index in [1.807, 2.05) is 24.3 Å². The van der Waals surface area contributed by atoms with E-state index in [2.05, 4.69) is 64.1 Å². The molecule has 0 aliphatic carbocycles. The average molecular weight is 486 g/mol. The van der Waals surface area contributed by atoms with Gasteiger partial charge in [0.1, 0.15) is 12.4 Å². The molecular formula is C30H35N3O3. The largest absolute Gasteiger partial charge is 0.490 e. The number of carbonyl (C=O) groups is 1. The number of carbonyl (C=O) groups excluding carboxylic acids is 1. The highest BCUT2D eigenvalue weighted by atomic mass is 16.5. The third-order valence-corrected chi connectivity index (χ3v) is 7.20. The number of hydrogen-bond donors (Lipinski definition) is 2. The van der Waals surface area contributed by atoms with Gasteiger partial charge in [-0.3, -0.25) is 4.79 Å². The fourth-order valence-corrected chi connectivity index (χ4v) is 5.33. The number of hydrogen-bond acceptors (Lipinski definition) is 5. The topological polar surface area (TPSA) is 62.8 Å². The number of ether oxygens (including phenoxy) is 2. The van der Waals surface area contributed by atoms with Crippen LogP contribution in [0.5, 0.6) is 5.75 Å². The van der Waals surface area contributed by atoms with Gasteiger partial charge in [-0.2, -0.15) is 0 Å². The molecule has 0 saturated carbocycles. The van der Waals surface area contributed by atoms with Crippen LogP contribution in [-0.4, -0.2) is 52.4 Å². The second kappa shape index (κ2) is 11.6. The summed E-state index contributed by atoms with van der Waals surface area (Å²) >= 11 is 0. The van der Waals surface area contributed by atoms with E-state index >= 15 is 0 Å². The second-order valence-corrected chi connectivity index (χ2v) is 9.55. The van der Waals surface area contributed by atoms with E-state index in [-0.39, 0.29) is 17.7 Å². The Bertz CT molecular complexity index is 1170. The van der Waals surface area contributed by atoms with Crippen LogP contribution in [0.4, 0.5) is 11.4 Å². The molecule has 2 atom stereocenters. The molecule has 3 aromatic rings. The molecule has 1 saturated heterocycles. The highest BCUT2D eigenvalue weighted by Crippen LogP contribution is 2.36. The number of piperidine rings is 1. The SMILES string of the molecule is COCCCN1CCOc2ccc(NC(=O)[C@H]3CNCC[C@@H]3c3cccc(-c4ccccc4)c3)cc21. The minimum Gasteiger partial charge on any atom is -0.490 e. The van der Waals surface area contributed by atoms with Crippen molar-refractivity contribution in [1.29, 1.82) is 0 Å². The number of benzene rings is 3. The van der Waals surface area contributed by atoms with Gasteiger partial charge < -0.3 is 25.0 Å². The van der Waals surface area contributed by atoms with Crippen LogP contribution in [0.3, 0.4) is 0 Å². The van der Waals surface area contributed by atoms with Gasteiger partial charge in [-0.15, -0.1) is 0 Å². The number of fused-ring (bicyclic) bond motifs is 1. The van der Waals surface area contributed by atoms with E-state index in [1.54, 1.807) is 7.11 Å². The first kappa shape index (κ1) is 24.3. The zero-order valence-electron chi connectivity index (χ0n) is 20.9. The summed E-state index contributed by atoms with van der Waals surface area (Å²) in [4.78, 5) is 15.9. The molecule has 2 N–H and O–H groups in total. The van der Waals surface area contributed by atoms with Crippen LogP contribution < -0.4 is 20.3 Å². The summed E-state index contributed by atoms with van der Waals surface area (Å²) < 4.78 is 11.1. The number of amides is 1. The van der Waals surface area contributed by atoms with E-state index in [9.17, 15) is 4.79 Å². The van der Waals surface area contributed by atoms with Crippen LogP contribution in [0, 0.1) is 5.92 Å². The molecule has 6 heteroatoms. The van der Waals surface area contributed by atoms with E-state index in [4.69, 9.17) is 9.47 Å². The number of anilines is 2. The van der Waals surface area contributed by atoms with Crippen molar-refractivity contribution in [2.45, 2.75) is 18.8 Å². The van der Waals surface area contributed by atoms with E-state index in [1.165, 1.54) is 16.7 Å². The van der Waals surface area contributed by atoms with Gasteiger partial charge in [0, 0.05) is 32.5 Å². The maximum atomic E-state index is 13.6. The molecule has 5 rings (SSSR count). The molecule has 2 aliphatic heterocycles. The van der Waals surface area contributed by atoms with Gasteiger partial charge in [0.05, 0.1) is 18.2 Å². The minimum absolute atomic E-state index is 0.0555. The summed E-state index contributed by atoms with van der Waals surface area (Å²) in [5.41, 5.74) is 5.45. The number of nitrogens with one attached hydrogen (secondary N) is 2. The van der Waals surface area contributed by atoms with Crippen LogP contribution in [0.25, 0.3) is 11.1 Å². The highest BCUT2D eigenvalue weighted by Gasteiger charge is 2.32. The smallest absolute Gasteiger partial charge is 0.229 e. The third kappa shape index (κ3) is 5.55. The van der Waals surface area contributed by atoms with E-state index < -0.39 is 0 Å². The molecule has 6 nitrogen and oxygen atoms in total. The summed E-state index contributed by atoms with van der Waals surface area (Å²) in [6.45, 7) is 4.71. The number of rotatable bonds is 8. The van der Waals surface area contributed by atoms with Crippen LogP contribution >= 0.6 is 0 Å². The Balaban J connectivity index is 1.33. The van der Waals surface area contributed by atoms with Gasteiger partial charge in [0.15, 0.2) is 0 Å². The molecule has 3 aromatic carbocycles. The summed E-state index contributed by atoms with van der Waals surface area (Å²) in [5, 5.41) is 6.64. The third-order valence-electron chi connectivity index (χ3n) is 7.20. The van der Waals surface area contributed by atoms with Crippen molar-refractivity contribution >= 4 is 17.3 Å². The summed E-state index contributed by atoms with van der Waals surface area (Å²) in [6.07, 6.45) is 1.88. The van der Waals surface area contributed by atoms with Gasteiger partial charge in [-0.25, -0.2) is 0 Å². The van der Waals surface area contributed by atoms with Gasteiger partial charge in [-0.1, -0.05) is 54.6 Å².